The fourth-order valence-electron chi connectivity index (χ4n) is 7.10. The Labute approximate surface area is 339 Å². The molecule has 0 saturated carbocycles. The molecule has 0 bridgehead atoms. The van der Waals surface area contributed by atoms with Gasteiger partial charge >= 0.3 is 0 Å². The standard InChI is InChI=1S/C30H35N3O.C19H17N3O/c1-28(2,3)26-18-21(25(19-31)32-8)17-22(34-26)10-9-20-15-23-27-24(16-20)30(6,7)12-14-33(27)13-11-29(23,4)5;1-14-11-16(19(13-20)21-2)12-18(23-14)10-7-15-5-8-17(9-6-15)22(3)4/h9-10,15-18H,11-14H2,1-7H3;5-12H,1,3-4H3/b10-9+,25-21-;10-7+,19-16+. The van der Waals surface area contributed by atoms with Gasteiger partial charge in [-0.1, -0.05) is 72.8 Å². The minimum Gasteiger partial charge on any atom is -0.462 e. The van der Waals surface area contributed by atoms with Crippen molar-refractivity contribution >= 4 is 23.5 Å². The maximum Gasteiger partial charge on any atom is 0.269 e. The lowest BCUT2D eigenvalue weighted by Gasteiger charge is -2.48. The van der Waals surface area contributed by atoms with Crippen LogP contribution in [-0.4, -0.2) is 27.2 Å². The SMILES string of the molecule is [C-]#[N+]/C(C#N)=C1C=C(/C=C/c2cc3c4c(c2)C(C)(C)CCN4CCC3(C)C)OC(C(C)(C)C)=C/1.[C-]#[N+]/C(C#N)=C1\C=C(C)OC(/C=C/c2ccc(N(C)C)cc2)=C1. The van der Waals surface area contributed by atoms with Crippen molar-refractivity contribution in [2.45, 2.75) is 79.1 Å². The van der Waals surface area contributed by atoms with E-state index in [4.69, 9.17) is 27.9 Å². The van der Waals surface area contributed by atoms with Gasteiger partial charge in [-0.2, -0.15) is 0 Å². The van der Waals surface area contributed by atoms with E-state index in [1.54, 1.807) is 25.2 Å². The van der Waals surface area contributed by atoms with E-state index >= 15 is 0 Å². The van der Waals surface area contributed by atoms with Crippen LogP contribution in [0.1, 0.15) is 90.5 Å². The van der Waals surface area contributed by atoms with Crippen LogP contribution in [0.5, 0.6) is 0 Å². The Balaban J connectivity index is 0.000000235. The van der Waals surface area contributed by atoms with Crippen molar-refractivity contribution in [1.82, 2.24) is 0 Å². The maximum absolute atomic E-state index is 9.41. The second kappa shape index (κ2) is 16.7. The van der Waals surface area contributed by atoms with Crippen LogP contribution in [0.25, 0.3) is 21.8 Å². The summed E-state index contributed by atoms with van der Waals surface area (Å²) >= 11 is 0. The molecule has 0 N–H and O–H groups in total. The van der Waals surface area contributed by atoms with Crippen LogP contribution in [-0.2, 0) is 20.3 Å². The zero-order valence-electron chi connectivity index (χ0n) is 34.9. The van der Waals surface area contributed by atoms with E-state index in [1.165, 1.54) is 16.8 Å². The monoisotopic (exact) mass is 756 g/mol. The maximum atomic E-state index is 9.41. The fraction of sp³-hybridized carbons (Fsp3) is 0.347. The van der Waals surface area contributed by atoms with Crippen molar-refractivity contribution in [1.29, 1.82) is 10.5 Å². The number of hydrogen-bond donors (Lipinski definition) is 0. The molecular formula is C49H52N6O2. The van der Waals surface area contributed by atoms with Crippen molar-refractivity contribution in [3.63, 3.8) is 0 Å². The second-order valence-corrected chi connectivity index (χ2v) is 17.2. The highest BCUT2D eigenvalue weighted by atomic mass is 16.5. The fourth-order valence-corrected chi connectivity index (χ4v) is 7.10. The highest BCUT2D eigenvalue weighted by molar-refractivity contribution is 5.72. The third-order valence-corrected chi connectivity index (χ3v) is 10.7. The van der Waals surface area contributed by atoms with E-state index in [-0.39, 0.29) is 27.6 Å². The third-order valence-electron chi connectivity index (χ3n) is 10.7. The number of allylic oxidation sites excluding steroid dienone is 12. The number of hydrogen-bond acceptors (Lipinski definition) is 6. The van der Waals surface area contributed by atoms with Gasteiger partial charge in [0.05, 0.1) is 25.3 Å². The third kappa shape index (κ3) is 9.67. The largest absolute Gasteiger partial charge is 0.462 e. The van der Waals surface area contributed by atoms with Gasteiger partial charge in [-0.25, -0.2) is 20.2 Å². The van der Waals surface area contributed by atoms with Gasteiger partial charge in [-0.3, -0.25) is 0 Å². The van der Waals surface area contributed by atoms with E-state index < -0.39 is 0 Å². The highest BCUT2D eigenvalue weighted by Gasteiger charge is 2.40. The lowest BCUT2D eigenvalue weighted by molar-refractivity contribution is 0.223. The first kappa shape index (κ1) is 41.7. The molecule has 4 aliphatic rings. The van der Waals surface area contributed by atoms with Crippen LogP contribution < -0.4 is 9.80 Å². The molecule has 8 nitrogen and oxygen atoms in total. The molecule has 4 aliphatic heterocycles. The molecular weight excluding hydrogens is 705 g/mol. The van der Waals surface area contributed by atoms with E-state index in [1.807, 2.05) is 79.7 Å². The first-order valence-electron chi connectivity index (χ1n) is 19.2. The Morgan fingerprint density at radius 3 is 1.72 bits per heavy atom. The molecule has 0 spiro atoms. The van der Waals surface area contributed by atoms with Gasteiger partial charge < -0.3 is 19.3 Å². The van der Waals surface area contributed by atoms with Crippen molar-refractivity contribution in [2.75, 3.05) is 37.0 Å². The zero-order valence-corrected chi connectivity index (χ0v) is 34.9. The molecule has 4 heterocycles. The Morgan fingerprint density at radius 1 is 0.754 bits per heavy atom. The second-order valence-electron chi connectivity index (χ2n) is 17.2. The van der Waals surface area contributed by atoms with E-state index in [0.717, 1.165) is 48.5 Å². The zero-order chi connectivity index (χ0) is 41.7. The van der Waals surface area contributed by atoms with Crippen molar-refractivity contribution in [2.24, 2.45) is 5.41 Å². The summed E-state index contributed by atoms with van der Waals surface area (Å²) in [7, 11) is 4.00. The molecule has 0 amide bonds. The summed E-state index contributed by atoms with van der Waals surface area (Å²) in [5, 5.41) is 18.4. The molecule has 2 aromatic carbocycles. The molecule has 0 aliphatic carbocycles. The van der Waals surface area contributed by atoms with Crippen LogP contribution in [0.2, 0.25) is 0 Å². The Kier molecular flexibility index (Phi) is 12.2. The summed E-state index contributed by atoms with van der Waals surface area (Å²) in [6.45, 7) is 34.1. The topological polar surface area (TPSA) is 81.2 Å². The van der Waals surface area contributed by atoms with Crippen LogP contribution in [0.4, 0.5) is 11.4 Å². The first-order valence-corrected chi connectivity index (χ1v) is 19.2. The summed E-state index contributed by atoms with van der Waals surface area (Å²) in [6, 6.07) is 16.7. The normalized spacial score (nSPS) is 19.6. The summed E-state index contributed by atoms with van der Waals surface area (Å²) in [5.41, 5.74) is 8.99. The molecule has 0 atom stereocenters. The molecule has 0 saturated heterocycles. The quantitative estimate of drug-likeness (QED) is 0.223. The molecule has 0 aromatic heterocycles. The molecule has 0 fully saturated rings. The van der Waals surface area contributed by atoms with Crippen molar-refractivity contribution in [3.05, 3.63) is 164 Å². The number of nitrogens with zero attached hydrogens (tertiary/aromatic N) is 6. The van der Waals surface area contributed by atoms with Gasteiger partial charge in [0.15, 0.2) is 0 Å². The van der Waals surface area contributed by atoms with Gasteiger partial charge in [0.2, 0.25) is 0 Å². The number of ether oxygens (including phenoxy) is 2. The molecule has 6 rings (SSSR count). The Hall–Kier alpha value is -6.48. The van der Waals surface area contributed by atoms with Gasteiger partial charge in [-0.05, 0) is 125 Å². The highest BCUT2D eigenvalue weighted by Crippen LogP contribution is 2.49. The van der Waals surface area contributed by atoms with Crippen molar-refractivity contribution < 1.29 is 9.47 Å². The minimum atomic E-state index is -0.241. The van der Waals surface area contributed by atoms with E-state index in [2.05, 4.69) is 81.3 Å². The number of anilines is 2. The minimum absolute atomic E-state index is 0.0638. The summed E-state index contributed by atoms with van der Waals surface area (Å²) in [4.78, 5) is 11.3. The molecule has 57 heavy (non-hydrogen) atoms. The molecule has 0 radical (unpaired) electrons. The first-order chi connectivity index (χ1) is 26.9. The number of benzene rings is 2. The van der Waals surface area contributed by atoms with Gasteiger partial charge in [0, 0.05) is 44.0 Å². The number of nitriles is 2. The summed E-state index contributed by atoms with van der Waals surface area (Å²) < 4.78 is 11.8. The average molecular weight is 757 g/mol. The lowest BCUT2D eigenvalue weighted by atomic mass is 9.69. The predicted molar refractivity (Wildman–Crippen MR) is 231 cm³/mol. The van der Waals surface area contributed by atoms with Crippen LogP contribution in [0.15, 0.2) is 118 Å². The summed E-state index contributed by atoms with van der Waals surface area (Å²) in [5.74, 6) is 2.65. The van der Waals surface area contributed by atoms with Gasteiger partial charge in [0.25, 0.3) is 11.4 Å². The molecule has 2 aromatic rings. The van der Waals surface area contributed by atoms with Crippen LogP contribution >= 0.6 is 0 Å². The van der Waals surface area contributed by atoms with E-state index in [0.29, 0.717) is 28.4 Å². The van der Waals surface area contributed by atoms with E-state index in [9.17, 15) is 5.26 Å². The Morgan fingerprint density at radius 2 is 1.25 bits per heavy atom. The summed E-state index contributed by atoms with van der Waals surface area (Å²) in [6.07, 6.45) is 17.2. The van der Waals surface area contributed by atoms with Crippen LogP contribution in [0.3, 0.4) is 0 Å². The predicted octanol–water partition coefficient (Wildman–Crippen LogP) is 11.7. The molecule has 0 unspecified atom stereocenters. The lowest BCUT2D eigenvalue weighted by Crippen LogP contribution is -2.44. The smallest absolute Gasteiger partial charge is 0.269 e. The molecule has 8 heteroatoms. The average Bonchev–Trinajstić information content (AvgIpc) is 3.16. The van der Waals surface area contributed by atoms with Gasteiger partial charge in [0.1, 0.15) is 23.0 Å². The van der Waals surface area contributed by atoms with Crippen molar-refractivity contribution in [3.8, 4) is 12.1 Å². The number of rotatable bonds is 5. The Bertz CT molecular complexity index is 2280. The van der Waals surface area contributed by atoms with Gasteiger partial charge in [-0.15, -0.1) is 0 Å². The molecule has 290 valence electrons. The van der Waals surface area contributed by atoms with Crippen LogP contribution in [0, 0.1) is 41.2 Å².